The molecule has 0 bridgehead atoms. The highest BCUT2D eigenvalue weighted by atomic mass is 32.2. The number of hydrogen-bond acceptors (Lipinski definition) is 5. The number of nitrogens with one attached hydrogen (secondary N) is 1. The first-order chi connectivity index (χ1) is 12.5. The first-order valence-corrected chi connectivity index (χ1v) is 10.2. The van der Waals surface area contributed by atoms with Crippen LogP contribution in [0.25, 0.3) is 0 Å². The number of para-hydroxylation sites is 1. The Labute approximate surface area is 152 Å². The second-order valence-electron chi connectivity index (χ2n) is 6.59. The van der Waals surface area contributed by atoms with Gasteiger partial charge in [-0.25, -0.2) is 12.8 Å². The van der Waals surface area contributed by atoms with E-state index < -0.39 is 20.9 Å². The maximum atomic E-state index is 13.6. The van der Waals surface area contributed by atoms with Gasteiger partial charge < -0.3 is 10.2 Å². The highest BCUT2D eigenvalue weighted by Crippen LogP contribution is 2.46. The van der Waals surface area contributed by atoms with E-state index in [0.29, 0.717) is 11.3 Å². The van der Waals surface area contributed by atoms with Crippen LogP contribution >= 0.6 is 0 Å². The normalized spacial score (nSPS) is 20.0. The third-order valence-corrected chi connectivity index (χ3v) is 7.02. The number of nitrogens with zero attached hydrogens (tertiary/aromatic N) is 2. The zero-order valence-electron chi connectivity index (χ0n) is 14.4. The van der Waals surface area contributed by atoms with Crippen molar-refractivity contribution in [3.05, 3.63) is 53.8 Å². The summed E-state index contributed by atoms with van der Waals surface area (Å²) in [5, 5.41) is 2.44. The minimum absolute atomic E-state index is 0.0162. The SMILES string of the molecule is CC1=Nc2c(cccc2N2CCNCC2)C1S(=O)(=O)c1cccc(F)c1. The van der Waals surface area contributed by atoms with Gasteiger partial charge in [-0.3, -0.25) is 4.99 Å². The van der Waals surface area contributed by atoms with Crippen LogP contribution in [-0.4, -0.2) is 40.3 Å². The number of benzene rings is 2. The Balaban J connectivity index is 1.80. The van der Waals surface area contributed by atoms with Crippen molar-refractivity contribution in [3.8, 4) is 0 Å². The molecule has 0 radical (unpaired) electrons. The Kier molecular flexibility index (Phi) is 4.28. The number of fused-ring (bicyclic) bond motifs is 1. The highest BCUT2D eigenvalue weighted by molar-refractivity contribution is 7.92. The molecule has 2 aliphatic heterocycles. The van der Waals surface area contributed by atoms with Crippen LogP contribution in [0.5, 0.6) is 0 Å². The van der Waals surface area contributed by atoms with E-state index >= 15 is 0 Å². The minimum Gasteiger partial charge on any atom is -0.367 e. The van der Waals surface area contributed by atoms with Crippen molar-refractivity contribution in [2.24, 2.45) is 4.99 Å². The molecular formula is C19H20FN3O2S. The monoisotopic (exact) mass is 373 g/mol. The Morgan fingerprint density at radius 2 is 1.88 bits per heavy atom. The molecule has 2 aromatic carbocycles. The van der Waals surface area contributed by atoms with Crippen molar-refractivity contribution in [1.29, 1.82) is 0 Å². The van der Waals surface area contributed by atoms with Crippen LogP contribution in [0.2, 0.25) is 0 Å². The summed E-state index contributed by atoms with van der Waals surface area (Å²) in [6.07, 6.45) is 0. The molecule has 1 saturated heterocycles. The maximum Gasteiger partial charge on any atom is 0.190 e. The second kappa shape index (κ2) is 6.48. The van der Waals surface area contributed by atoms with E-state index in [1.165, 1.54) is 18.2 Å². The zero-order chi connectivity index (χ0) is 18.3. The lowest BCUT2D eigenvalue weighted by molar-refractivity contribution is 0.587. The summed E-state index contributed by atoms with van der Waals surface area (Å²) >= 11 is 0. The van der Waals surface area contributed by atoms with Crippen molar-refractivity contribution in [3.63, 3.8) is 0 Å². The molecule has 1 N–H and O–H groups in total. The van der Waals surface area contributed by atoms with Gasteiger partial charge in [-0.05, 0) is 31.2 Å². The molecule has 0 saturated carbocycles. The number of aliphatic imine (C=N–C) groups is 1. The molecule has 5 nitrogen and oxygen atoms in total. The highest BCUT2D eigenvalue weighted by Gasteiger charge is 2.38. The van der Waals surface area contributed by atoms with Crippen molar-refractivity contribution >= 4 is 26.9 Å². The Bertz CT molecular complexity index is 982. The van der Waals surface area contributed by atoms with Gasteiger partial charge in [-0.15, -0.1) is 0 Å². The fourth-order valence-corrected chi connectivity index (χ4v) is 5.52. The molecule has 1 fully saturated rings. The first-order valence-electron chi connectivity index (χ1n) is 8.62. The Morgan fingerprint density at radius 1 is 1.15 bits per heavy atom. The van der Waals surface area contributed by atoms with Gasteiger partial charge in [0.2, 0.25) is 0 Å². The van der Waals surface area contributed by atoms with Gasteiger partial charge >= 0.3 is 0 Å². The average Bonchev–Trinajstić information content (AvgIpc) is 2.99. The van der Waals surface area contributed by atoms with Gasteiger partial charge in [-0.1, -0.05) is 18.2 Å². The van der Waals surface area contributed by atoms with Gasteiger partial charge in [0.25, 0.3) is 0 Å². The topological polar surface area (TPSA) is 61.8 Å². The van der Waals surface area contributed by atoms with Crippen LogP contribution in [0.3, 0.4) is 0 Å². The third-order valence-electron chi connectivity index (χ3n) is 4.89. The van der Waals surface area contributed by atoms with Crippen LogP contribution in [0, 0.1) is 5.82 Å². The number of halogens is 1. The van der Waals surface area contributed by atoms with E-state index in [1.54, 1.807) is 6.92 Å². The molecule has 4 rings (SSSR count). The van der Waals surface area contributed by atoms with Gasteiger partial charge in [0, 0.05) is 37.5 Å². The zero-order valence-corrected chi connectivity index (χ0v) is 15.3. The molecule has 26 heavy (non-hydrogen) atoms. The van der Waals surface area contributed by atoms with E-state index in [0.717, 1.165) is 43.6 Å². The van der Waals surface area contributed by atoms with Gasteiger partial charge in [-0.2, -0.15) is 0 Å². The maximum absolute atomic E-state index is 13.6. The molecular weight excluding hydrogens is 353 g/mol. The lowest BCUT2D eigenvalue weighted by atomic mass is 10.1. The number of sulfone groups is 1. The lowest BCUT2D eigenvalue weighted by Gasteiger charge is -2.30. The summed E-state index contributed by atoms with van der Waals surface area (Å²) in [6.45, 7) is 5.20. The Hall–Kier alpha value is -2.25. The van der Waals surface area contributed by atoms with Crippen LogP contribution in [-0.2, 0) is 9.84 Å². The van der Waals surface area contributed by atoms with Crippen molar-refractivity contribution in [2.75, 3.05) is 31.1 Å². The molecule has 136 valence electrons. The van der Waals surface area contributed by atoms with Crippen LogP contribution in [0.4, 0.5) is 15.8 Å². The van der Waals surface area contributed by atoms with Crippen LogP contribution < -0.4 is 10.2 Å². The molecule has 1 unspecified atom stereocenters. The van der Waals surface area contributed by atoms with Gasteiger partial charge in [0.1, 0.15) is 11.1 Å². The van der Waals surface area contributed by atoms with E-state index in [2.05, 4.69) is 15.2 Å². The molecule has 2 aliphatic rings. The van der Waals surface area contributed by atoms with Crippen molar-refractivity contribution in [2.45, 2.75) is 17.1 Å². The predicted octanol–water partition coefficient (Wildman–Crippen LogP) is 2.86. The number of anilines is 1. The van der Waals surface area contributed by atoms with Crippen molar-refractivity contribution in [1.82, 2.24) is 5.32 Å². The van der Waals surface area contributed by atoms with E-state index in [1.807, 2.05) is 18.2 Å². The van der Waals surface area contributed by atoms with E-state index in [4.69, 9.17) is 0 Å². The number of hydrogen-bond donors (Lipinski definition) is 1. The molecule has 2 heterocycles. The molecule has 7 heteroatoms. The molecule has 0 aliphatic carbocycles. The molecule has 0 spiro atoms. The third kappa shape index (κ3) is 2.81. The summed E-state index contributed by atoms with van der Waals surface area (Å²) in [6, 6.07) is 10.8. The summed E-state index contributed by atoms with van der Waals surface area (Å²) in [5.41, 5.74) is 2.87. The fourth-order valence-electron chi connectivity index (χ4n) is 3.67. The van der Waals surface area contributed by atoms with Crippen LogP contribution in [0.15, 0.2) is 52.4 Å². The van der Waals surface area contributed by atoms with Crippen LogP contribution in [0.1, 0.15) is 17.7 Å². The van der Waals surface area contributed by atoms with Crippen molar-refractivity contribution < 1.29 is 12.8 Å². The molecule has 1 atom stereocenters. The molecule has 2 aromatic rings. The molecule has 0 amide bonds. The second-order valence-corrected chi connectivity index (χ2v) is 8.62. The summed E-state index contributed by atoms with van der Waals surface area (Å²) in [4.78, 5) is 6.81. The quantitative estimate of drug-likeness (QED) is 0.899. The van der Waals surface area contributed by atoms with Gasteiger partial charge in [0.15, 0.2) is 9.84 Å². The fraction of sp³-hybridized carbons (Fsp3) is 0.316. The number of piperazine rings is 1. The first kappa shape index (κ1) is 17.2. The van der Waals surface area contributed by atoms with Gasteiger partial charge in [0.05, 0.1) is 16.3 Å². The minimum atomic E-state index is -3.77. The van der Waals surface area contributed by atoms with E-state index in [-0.39, 0.29) is 4.90 Å². The largest absolute Gasteiger partial charge is 0.367 e. The average molecular weight is 373 g/mol. The predicted molar refractivity (Wildman–Crippen MR) is 101 cm³/mol. The number of rotatable bonds is 3. The summed E-state index contributed by atoms with van der Waals surface area (Å²) in [5.74, 6) is -0.562. The molecule has 0 aromatic heterocycles. The van der Waals surface area contributed by atoms with E-state index in [9.17, 15) is 12.8 Å². The Morgan fingerprint density at radius 3 is 2.62 bits per heavy atom. The summed E-state index contributed by atoms with van der Waals surface area (Å²) < 4.78 is 39.9. The lowest BCUT2D eigenvalue weighted by Crippen LogP contribution is -2.43. The standard InChI is InChI=1S/C19H20FN3O2S/c1-13-19(26(24,25)15-5-2-4-14(20)12-15)16-6-3-7-17(18(16)22-13)23-10-8-21-9-11-23/h2-7,12,19,21H,8-11H2,1H3. The summed E-state index contributed by atoms with van der Waals surface area (Å²) in [7, 11) is -3.77. The smallest absolute Gasteiger partial charge is 0.190 e.